The van der Waals surface area contributed by atoms with Gasteiger partial charge in [-0.25, -0.2) is 0 Å². The molecule has 0 fully saturated rings. The minimum atomic E-state index is -3.95. The van der Waals surface area contributed by atoms with E-state index in [9.17, 15) is 0 Å². The summed E-state index contributed by atoms with van der Waals surface area (Å²) in [4.78, 5) is 48.6. The van der Waals surface area contributed by atoms with Crippen molar-refractivity contribution in [1.82, 2.24) is 24.7 Å². The molecular weight excluding hydrogens is 759 g/mol. The number of anilines is 4. The Morgan fingerprint density at radius 2 is 0.640 bits per heavy atom. The third-order valence-corrected chi connectivity index (χ3v) is 16.6. The molecule has 0 aromatic carbocycles. The molecule has 0 N–H and O–H groups in total. The van der Waals surface area contributed by atoms with E-state index >= 15 is 0 Å². The number of aromatic nitrogens is 2. The molecule has 0 spiro atoms. The molecule has 0 aliphatic carbocycles. The van der Waals surface area contributed by atoms with Crippen molar-refractivity contribution in [3.8, 4) is 0 Å². The van der Waals surface area contributed by atoms with Gasteiger partial charge in [0.25, 0.3) is 0 Å². The molecule has 4 aliphatic rings. The Hall–Kier alpha value is -4.12. The van der Waals surface area contributed by atoms with E-state index in [1.165, 1.54) is 0 Å². The molecule has 18 heteroatoms. The third kappa shape index (κ3) is 5.26. The number of hydrogen-bond acceptors (Lipinski definition) is 14. The van der Waals surface area contributed by atoms with Crippen LogP contribution in [-0.4, -0.2) is 182 Å². The molecule has 266 valence electrons. The molecule has 6 rings (SSSR count). The summed E-state index contributed by atoms with van der Waals surface area (Å²) in [5, 5.41) is 0. The van der Waals surface area contributed by atoms with Gasteiger partial charge in [0.1, 0.15) is 0 Å². The van der Waals surface area contributed by atoms with E-state index in [2.05, 4.69) is 24.7 Å². The second kappa shape index (κ2) is 12.6. The summed E-state index contributed by atoms with van der Waals surface area (Å²) in [6.45, 7) is 0. The Morgan fingerprint density at radius 1 is 0.360 bits per heavy atom. The first kappa shape index (κ1) is 35.7. The number of aliphatic imine (C=N–C) groups is 4. The molecule has 6 heterocycles. The van der Waals surface area contributed by atoms with Gasteiger partial charge < -0.3 is 0 Å². The van der Waals surface area contributed by atoms with Crippen LogP contribution in [0.4, 0.5) is 34.4 Å². The van der Waals surface area contributed by atoms with Crippen molar-refractivity contribution < 1.29 is 0 Å². The molecule has 2 aromatic heterocycles. The van der Waals surface area contributed by atoms with E-state index in [1.807, 2.05) is 132 Å². The monoisotopic (exact) mass is 806 g/mol. The van der Waals surface area contributed by atoms with Gasteiger partial charge in [0.05, 0.1) is 0 Å². The van der Waals surface area contributed by atoms with E-state index in [-0.39, 0.29) is 0 Å². The summed E-state index contributed by atoms with van der Waals surface area (Å²) in [5.41, 5.74) is 8.33. The van der Waals surface area contributed by atoms with Crippen LogP contribution in [-0.2, 0) is 0 Å². The van der Waals surface area contributed by atoms with Crippen molar-refractivity contribution in [3.63, 3.8) is 0 Å². The molecule has 0 unspecified atom stereocenters. The first-order valence-corrected chi connectivity index (χ1v) is 23.4. The second-order valence-corrected chi connectivity index (χ2v) is 21.6. The summed E-state index contributed by atoms with van der Waals surface area (Å²) < 4.78 is 4.35. The average Bonchev–Trinajstić information content (AvgIpc) is 3.71. The number of hydrogen-bond donors (Lipinski definition) is 0. The fraction of sp³-hybridized carbons (Fsp3) is 0.500. The Morgan fingerprint density at radius 3 is 0.900 bits per heavy atom. The first-order chi connectivity index (χ1) is 23.4. The Kier molecular flexibility index (Phi) is 8.98. The van der Waals surface area contributed by atoms with E-state index in [1.54, 1.807) is 0 Å². The van der Waals surface area contributed by atoms with E-state index < -0.39 is 20.8 Å². The summed E-state index contributed by atoms with van der Waals surface area (Å²) >= 11 is -3.95. The molecule has 16 nitrogen and oxygen atoms in total. The van der Waals surface area contributed by atoms with Gasteiger partial charge in [-0.2, -0.15) is 0 Å². The van der Waals surface area contributed by atoms with Crippen LogP contribution in [0.1, 0.15) is 0 Å². The number of nitrogens with zero attached hydrogens (tertiary/aromatic N) is 16. The van der Waals surface area contributed by atoms with Gasteiger partial charge >= 0.3 is 308 Å². The van der Waals surface area contributed by atoms with Crippen molar-refractivity contribution in [2.45, 2.75) is 0 Å². The van der Waals surface area contributed by atoms with E-state index in [0.717, 1.165) is 45.5 Å². The van der Waals surface area contributed by atoms with Crippen LogP contribution in [0, 0.1) is 0 Å². The number of amidine groups is 4. The maximum absolute atomic E-state index is 8.10. The Balaban J connectivity index is 2.00. The summed E-state index contributed by atoms with van der Waals surface area (Å²) in [6, 6.07) is 0. The van der Waals surface area contributed by atoms with Gasteiger partial charge in [-0.3, -0.25) is 0 Å². The molecule has 50 heavy (non-hydrogen) atoms. The third-order valence-electron chi connectivity index (χ3n) is 8.78. The van der Waals surface area contributed by atoms with Gasteiger partial charge in [0.15, 0.2) is 0 Å². The number of likely N-dealkylation sites (N-methyl/N-ethyl adjacent to an activating group) is 4. The number of halogens is 1. The van der Waals surface area contributed by atoms with Crippen molar-refractivity contribution in [1.29, 1.82) is 0 Å². The zero-order chi connectivity index (χ0) is 36.8. The van der Waals surface area contributed by atoms with Crippen LogP contribution >= 0.6 is 8.58 Å². The fourth-order valence-corrected chi connectivity index (χ4v) is 14.4. The van der Waals surface area contributed by atoms with Crippen molar-refractivity contribution >= 4 is 87.1 Å². The second-order valence-electron chi connectivity index (χ2n) is 14.3. The van der Waals surface area contributed by atoms with Crippen LogP contribution in [0.5, 0.6) is 0 Å². The molecule has 6 bridgehead atoms. The van der Waals surface area contributed by atoms with Gasteiger partial charge in [0, 0.05) is 0 Å². The molecule has 0 amide bonds. The van der Waals surface area contributed by atoms with Crippen LogP contribution in [0.25, 0.3) is 0 Å². The van der Waals surface area contributed by atoms with Crippen LogP contribution < -0.4 is 30.6 Å². The van der Waals surface area contributed by atoms with Crippen LogP contribution in [0.3, 0.4) is 0 Å². The standard InChI is InChI=1S/C32H48N16.ClH.In/c1-41(2)17-18(42(3)4)26-33-25(17)37-27-19(43(5)6)20(44(7)8)29(34-27)39-31-23(47(13)14)24(48(15)16)32(36-31)40-30-22(46(11)12)21(45(9)10)28(35-30)38-26;;/h1-16H3;1H;/q-2;;+3/p-1. The molecule has 0 radical (unpaired) electrons. The summed E-state index contributed by atoms with van der Waals surface area (Å²) in [6.07, 6.45) is 0. The molecule has 0 atom stereocenters. The summed E-state index contributed by atoms with van der Waals surface area (Å²) in [5.74, 6) is 3.59. The molecule has 0 saturated carbocycles. The Bertz CT molecular complexity index is 1960. The summed E-state index contributed by atoms with van der Waals surface area (Å²) in [7, 11) is 40.4. The zero-order valence-corrected chi connectivity index (χ0v) is 36.2. The van der Waals surface area contributed by atoms with Crippen molar-refractivity contribution in [2.75, 3.05) is 132 Å². The predicted octanol–water partition coefficient (Wildman–Crippen LogP) is 0.994. The first-order valence-electron chi connectivity index (χ1n) is 16.3. The fourth-order valence-electron chi connectivity index (χ4n) is 6.87. The minimum absolute atomic E-state index is 0.556. The van der Waals surface area contributed by atoms with Crippen LogP contribution in [0.15, 0.2) is 52.7 Å². The molecule has 0 saturated heterocycles. The van der Waals surface area contributed by atoms with Gasteiger partial charge in [-0.15, -0.1) is 0 Å². The predicted molar refractivity (Wildman–Crippen MR) is 209 cm³/mol. The quantitative estimate of drug-likeness (QED) is 0.389. The van der Waals surface area contributed by atoms with Crippen LogP contribution in [0.2, 0.25) is 0 Å². The maximum atomic E-state index is 8.10. The normalized spacial score (nSPS) is 15.9. The molecular formula is C32H48ClInN16. The number of fused-ring (bicyclic) bond motifs is 2. The topological polar surface area (TPSA) is 110 Å². The van der Waals surface area contributed by atoms with Crippen molar-refractivity contribution in [3.05, 3.63) is 33.8 Å². The molecule has 2 aromatic rings. The average molecular weight is 807 g/mol. The van der Waals surface area contributed by atoms with Gasteiger partial charge in [-0.1, -0.05) is 0 Å². The Labute approximate surface area is 306 Å². The van der Waals surface area contributed by atoms with E-state index in [0.29, 0.717) is 46.0 Å². The zero-order valence-electron chi connectivity index (χ0n) is 32.1. The number of rotatable bonds is 8. The van der Waals surface area contributed by atoms with Crippen molar-refractivity contribution in [2.24, 2.45) is 30.0 Å². The van der Waals surface area contributed by atoms with E-state index in [4.69, 9.17) is 38.5 Å². The molecule has 4 aliphatic heterocycles. The SMILES string of the molecule is CN(C)C1=C(N(C)C)C2=Nc3c(N(C)C)c(N(C)C)c4[n]3[In]([Cl])[n]3c(c(N(C)C)c(N(C)C)c3=NC3=NC(=N4)C(N(C)C)=C3N(C)C)=NC1=N2. The van der Waals surface area contributed by atoms with Gasteiger partial charge in [-0.05, 0) is 0 Å². The van der Waals surface area contributed by atoms with Gasteiger partial charge in [0.2, 0.25) is 0 Å².